The Kier molecular flexibility index (Phi) is 7.74. The van der Waals surface area contributed by atoms with Crippen molar-refractivity contribution < 1.29 is 0 Å². The lowest BCUT2D eigenvalue weighted by Gasteiger charge is -2.23. The summed E-state index contributed by atoms with van der Waals surface area (Å²) < 4.78 is 0. The summed E-state index contributed by atoms with van der Waals surface area (Å²) in [5.74, 6) is 1.01. The molecule has 2 nitrogen and oxygen atoms in total. The lowest BCUT2D eigenvalue weighted by molar-refractivity contribution is 0.777. The monoisotopic (exact) mass is 340 g/mol. The summed E-state index contributed by atoms with van der Waals surface area (Å²) in [6.45, 7) is 12.3. The van der Waals surface area contributed by atoms with E-state index in [1.165, 1.54) is 53.9 Å². The van der Waals surface area contributed by atoms with Crippen molar-refractivity contribution in [2.45, 2.75) is 85.0 Å². The van der Waals surface area contributed by atoms with Gasteiger partial charge < -0.3 is 5.32 Å². The van der Waals surface area contributed by atoms with Gasteiger partial charge in [0, 0.05) is 12.2 Å². The molecule has 1 aliphatic carbocycles. The van der Waals surface area contributed by atoms with E-state index in [1.807, 2.05) is 0 Å². The second kappa shape index (κ2) is 9.79. The zero-order chi connectivity index (χ0) is 18.2. The quantitative estimate of drug-likeness (QED) is 0.529. The average Bonchev–Trinajstić information content (AvgIpc) is 2.80. The Labute approximate surface area is 154 Å². The van der Waals surface area contributed by atoms with Crippen molar-refractivity contribution in [3.8, 4) is 0 Å². The Bertz CT molecular complexity index is 582. The molecule has 0 aromatic heterocycles. The molecule has 0 radical (unpaired) electrons. The van der Waals surface area contributed by atoms with Crippen molar-refractivity contribution in [3.05, 3.63) is 41.1 Å². The van der Waals surface area contributed by atoms with Crippen LogP contribution in [0.5, 0.6) is 0 Å². The Morgan fingerprint density at radius 1 is 1.04 bits per heavy atom. The van der Waals surface area contributed by atoms with Crippen molar-refractivity contribution >= 4 is 11.4 Å². The number of para-hydroxylation sites is 1. The number of nitrogens with zero attached hydrogens (tertiary/aromatic N) is 1. The van der Waals surface area contributed by atoms with Gasteiger partial charge in [-0.25, -0.2) is 0 Å². The molecule has 1 N–H and O–H groups in total. The van der Waals surface area contributed by atoms with E-state index >= 15 is 0 Å². The van der Waals surface area contributed by atoms with E-state index in [0.717, 1.165) is 19.4 Å². The highest BCUT2D eigenvalue weighted by Gasteiger charge is 2.17. The molecule has 0 fully saturated rings. The molecule has 25 heavy (non-hydrogen) atoms. The molecule has 138 valence electrons. The first-order valence-electron chi connectivity index (χ1n) is 10.2. The first-order chi connectivity index (χ1) is 12.0. The highest BCUT2D eigenvalue weighted by Crippen LogP contribution is 2.34. The van der Waals surface area contributed by atoms with Crippen LogP contribution in [0, 0.1) is 0 Å². The van der Waals surface area contributed by atoms with Gasteiger partial charge in [0.15, 0.2) is 0 Å². The molecule has 0 unspecified atom stereocenters. The van der Waals surface area contributed by atoms with E-state index in [4.69, 9.17) is 4.99 Å². The van der Waals surface area contributed by atoms with Crippen molar-refractivity contribution in [2.75, 3.05) is 11.9 Å². The lowest BCUT2D eigenvalue weighted by atomic mass is 9.92. The molecule has 0 saturated carbocycles. The summed E-state index contributed by atoms with van der Waals surface area (Å²) in [7, 11) is 0. The first-order valence-corrected chi connectivity index (χ1v) is 10.2. The largest absolute Gasteiger partial charge is 0.354 e. The van der Waals surface area contributed by atoms with Crippen LogP contribution in [0.2, 0.25) is 0 Å². The number of anilines is 1. The van der Waals surface area contributed by atoms with E-state index < -0.39 is 0 Å². The van der Waals surface area contributed by atoms with Crippen LogP contribution >= 0.6 is 0 Å². The highest BCUT2D eigenvalue weighted by atomic mass is 14.9. The molecule has 0 saturated heterocycles. The standard InChI is InChI=1S/C23H36N2/c1-6-7-16-24-21-14-9-8-10-15-22(21)25-23-19(17(2)3)12-11-13-20(23)18(4)5/h11-13,15,17-18,25H,6-10,14,16H2,1-5H3. The number of nitrogens with one attached hydrogen (secondary N) is 1. The maximum absolute atomic E-state index is 4.95. The second-order valence-electron chi connectivity index (χ2n) is 7.79. The first kappa shape index (κ1) is 19.8. The minimum Gasteiger partial charge on any atom is -0.354 e. The van der Waals surface area contributed by atoms with Crippen LogP contribution in [0.25, 0.3) is 0 Å². The fourth-order valence-electron chi connectivity index (χ4n) is 3.43. The normalized spacial score (nSPS) is 17.1. The van der Waals surface area contributed by atoms with Gasteiger partial charge in [0.25, 0.3) is 0 Å². The lowest BCUT2D eigenvalue weighted by Crippen LogP contribution is -2.15. The van der Waals surface area contributed by atoms with Gasteiger partial charge in [-0.2, -0.15) is 0 Å². The summed E-state index contributed by atoms with van der Waals surface area (Å²) in [5, 5.41) is 3.83. The second-order valence-corrected chi connectivity index (χ2v) is 7.79. The molecule has 0 amide bonds. The minimum absolute atomic E-state index is 0.507. The minimum atomic E-state index is 0.507. The third-order valence-electron chi connectivity index (χ3n) is 4.97. The van der Waals surface area contributed by atoms with Crippen LogP contribution in [0.1, 0.15) is 96.1 Å². The zero-order valence-corrected chi connectivity index (χ0v) is 16.9. The van der Waals surface area contributed by atoms with Crippen LogP contribution in [0.4, 0.5) is 5.69 Å². The van der Waals surface area contributed by atoms with Gasteiger partial charge >= 0.3 is 0 Å². The number of unbranched alkanes of at least 4 members (excludes halogenated alkanes) is 1. The SMILES string of the molecule is CCCCN=C1CCCCC=C1Nc1c(C(C)C)cccc1C(C)C. The molecule has 2 rings (SSSR count). The van der Waals surface area contributed by atoms with Gasteiger partial charge in [0.05, 0.1) is 11.4 Å². The predicted molar refractivity (Wildman–Crippen MR) is 112 cm³/mol. The van der Waals surface area contributed by atoms with Crippen molar-refractivity contribution in [1.29, 1.82) is 0 Å². The third kappa shape index (κ3) is 5.45. The van der Waals surface area contributed by atoms with Gasteiger partial charge in [0.2, 0.25) is 0 Å². The molecule has 0 atom stereocenters. The topological polar surface area (TPSA) is 24.4 Å². The average molecular weight is 341 g/mol. The summed E-state index contributed by atoms with van der Waals surface area (Å²) >= 11 is 0. The third-order valence-corrected chi connectivity index (χ3v) is 4.97. The Hall–Kier alpha value is -1.57. The number of aliphatic imine (C=N–C) groups is 1. The predicted octanol–water partition coefficient (Wildman–Crippen LogP) is 7.04. The van der Waals surface area contributed by atoms with Crippen LogP contribution in [-0.4, -0.2) is 12.3 Å². The molecule has 0 aliphatic heterocycles. The number of hydrogen-bond acceptors (Lipinski definition) is 2. The number of hydrogen-bond donors (Lipinski definition) is 1. The Morgan fingerprint density at radius 2 is 1.72 bits per heavy atom. The summed E-state index contributed by atoms with van der Waals surface area (Å²) in [5.41, 5.74) is 6.65. The van der Waals surface area contributed by atoms with Gasteiger partial charge in [-0.1, -0.05) is 65.3 Å². The molecular weight excluding hydrogens is 304 g/mol. The van der Waals surface area contributed by atoms with Crippen molar-refractivity contribution in [2.24, 2.45) is 4.99 Å². The molecule has 1 aliphatic rings. The summed E-state index contributed by atoms with van der Waals surface area (Å²) in [6, 6.07) is 6.74. The van der Waals surface area contributed by atoms with Gasteiger partial charge in [-0.3, -0.25) is 4.99 Å². The molecule has 1 aromatic carbocycles. The van der Waals surface area contributed by atoms with Crippen LogP contribution in [0.15, 0.2) is 35.0 Å². The van der Waals surface area contributed by atoms with E-state index in [2.05, 4.69) is 64.2 Å². The molecule has 1 aromatic rings. The summed E-state index contributed by atoms with van der Waals surface area (Å²) in [4.78, 5) is 4.95. The van der Waals surface area contributed by atoms with E-state index in [0.29, 0.717) is 11.8 Å². The van der Waals surface area contributed by atoms with Crippen LogP contribution < -0.4 is 5.32 Å². The van der Waals surface area contributed by atoms with E-state index in [-0.39, 0.29) is 0 Å². The van der Waals surface area contributed by atoms with E-state index in [1.54, 1.807) is 0 Å². The number of rotatable bonds is 7. The fourth-order valence-corrected chi connectivity index (χ4v) is 3.43. The fraction of sp³-hybridized carbons (Fsp3) is 0.609. The molecule has 2 heteroatoms. The maximum atomic E-state index is 4.95. The van der Waals surface area contributed by atoms with Gasteiger partial charge in [-0.15, -0.1) is 0 Å². The number of allylic oxidation sites excluding steroid dienone is 2. The summed E-state index contributed by atoms with van der Waals surface area (Å²) in [6.07, 6.45) is 9.52. The van der Waals surface area contributed by atoms with Crippen molar-refractivity contribution in [3.63, 3.8) is 0 Å². The Balaban J connectivity index is 2.37. The van der Waals surface area contributed by atoms with Gasteiger partial charge in [-0.05, 0) is 55.1 Å². The molecular formula is C23H36N2. The smallest absolute Gasteiger partial charge is 0.0579 e. The maximum Gasteiger partial charge on any atom is 0.0579 e. The zero-order valence-electron chi connectivity index (χ0n) is 16.9. The van der Waals surface area contributed by atoms with Crippen molar-refractivity contribution in [1.82, 2.24) is 0 Å². The number of benzene rings is 1. The molecule has 0 spiro atoms. The molecule has 0 bridgehead atoms. The van der Waals surface area contributed by atoms with Crippen LogP contribution in [0.3, 0.4) is 0 Å². The van der Waals surface area contributed by atoms with E-state index in [9.17, 15) is 0 Å². The Morgan fingerprint density at radius 3 is 2.32 bits per heavy atom. The van der Waals surface area contributed by atoms with Gasteiger partial charge in [0.1, 0.15) is 0 Å². The van der Waals surface area contributed by atoms with Crippen LogP contribution in [-0.2, 0) is 0 Å². The molecule has 0 heterocycles. The highest BCUT2D eigenvalue weighted by molar-refractivity contribution is 6.03.